The summed E-state index contributed by atoms with van der Waals surface area (Å²) in [5.41, 5.74) is 0.437. The highest BCUT2D eigenvalue weighted by Crippen LogP contribution is 2.20. The SMILES string of the molecule is CC(Cl)C(=O)Nc1ccc(OCC(F)(F)F)cc1. The zero-order chi connectivity index (χ0) is 13.8. The van der Waals surface area contributed by atoms with Crippen molar-refractivity contribution in [1.29, 1.82) is 0 Å². The Hall–Kier alpha value is -1.43. The van der Waals surface area contributed by atoms with Crippen molar-refractivity contribution in [1.82, 2.24) is 0 Å². The van der Waals surface area contributed by atoms with Crippen molar-refractivity contribution in [2.45, 2.75) is 18.5 Å². The van der Waals surface area contributed by atoms with E-state index in [2.05, 4.69) is 10.1 Å². The molecular formula is C11H11ClF3NO2. The molecule has 1 atom stereocenters. The third-order valence-corrected chi connectivity index (χ3v) is 2.08. The monoisotopic (exact) mass is 281 g/mol. The van der Waals surface area contributed by atoms with Crippen LogP contribution >= 0.6 is 11.6 Å². The number of carbonyl (C=O) groups is 1. The summed E-state index contributed by atoms with van der Waals surface area (Å²) >= 11 is 5.55. The molecule has 0 bridgehead atoms. The highest BCUT2D eigenvalue weighted by molar-refractivity contribution is 6.32. The van der Waals surface area contributed by atoms with Gasteiger partial charge in [0.25, 0.3) is 0 Å². The van der Waals surface area contributed by atoms with E-state index in [4.69, 9.17) is 11.6 Å². The molecule has 0 aromatic heterocycles. The van der Waals surface area contributed by atoms with Crippen LogP contribution in [0.25, 0.3) is 0 Å². The Morgan fingerprint density at radius 2 is 1.94 bits per heavy atom. The summed E-state index contributed by atoms with van der Waals surface area (Å²) in [5, 5.41) is 1.80. The Bertz CT molecular complexity index is 404. The van der Waals surface area contributed by atoms with Gasteiger partial charge in [0.05, 0.1) is 0 Å². The Kier molecular flexibility index (Phi) is 4.84. The predicted molar refractivity (Wildman–Crippen MR) is 61.9 cm³/mol. The van der Waals surface area contributed by atoms with Gasteiger partial charge in [0.15, 0.2) is 6.61 Å². The molecule has 0 saturated heterocycles. The number of hydrogen-bond acceptors (Lipinski definition) is 2. The lowest BCUT2D eigenvalue weighted by atomic mass is 10.3. The lowest BCUT2D eigenvalue weighted by Gasteiger charge is -2.10. The smallest absolute Gasteiger partial charge is 0.422 e. The van der Waals surface area contributed by atoms with Crippen molar-refractivity contribution in [3.05, 3.63) is 24.3 Å². The first-order valence-corrected chi connectivity index (χ1v) is 5.46. The zero-order valence-corrected chi connectivity index (χ0v) is 10.2. The summed E-state index contributed by atoms with van der Waals surface area (Å²) in [5.74, 6) is -0.315. The molecule has 0 saturated carbocycles. The number of anilines is 1. The van der Waals surface area contributed by atoms with Gasteiger partial charge in [-0.05, 0) is 31.2 Å². The fraction of sp³-hybridized carbons (Fsp3) is 0.364. The number of halogens is 4. The molecule has 0 spiro atoms. The fourth-order valence-electron chi connectivity index (χ4n) is 1.04. The first-order valence-electron chi connectivity index (χ1n) is 5.02. The Labute approximate surface area is 107 Å². The first kappa shape index (κ1) is 14.6. The van der Waals surface area contributed by atoms with Crippen LogP contribution in [0.3, 0.4) is 0 Å². The number of hydrogen-bond donors (Lipinski definition) is 1. The maximum Gasteiger partial charge on any atom is 0.422 e. The maximum absolute atomic E-state index is 11.9. The van der Waals surface area contributed by atoms with Gasteiger partial charge in [0.1, 0.15) is 11.1 Å². The number of ether oxygens (including phenoxy) is 1. The molecule has 3 nitrogen and oxygen atoms in total. The predicted octanol–water partition coefficient (Wildman–Crippen LogP) is 3.19. The van der Waals surface area contributed by atoms with E-state index >= 15 is 0 Å². The molecule has 0 aliphatic heterocycles. The standard InChI is InChI=1S/C11H11ClF3NO2/c1-7(12)10(17)16-8-2-4-9(5-3-8)18-6-11(13,14)15/h2-5,7H,6H2,1H3,(H,16,17). The molecule has 1 aromatic carbocycles. The quantitative estimate of drug-likeness (QED) is 0.861. The molecule has 0 aliphatic carbocycles. The van der Waals surface area contributed by atoms with Gasteiger partial charge in [-0.25, -0.2) is 0 Å². The number of alkyl halides is 4. The van der Waals surface area contributed by atoms with Crippen molar-refractivity contribution in [3.8, 4) is 5.75 Å². The summed E-state index contributed by atoms with van der Waals surface area (Å²) in [7, 11) is 0. The van der Waals surface area contributed by atoms with E-state index in [-0.39, 0.29) is 11.7 Å². The van der Waals surface area contributed by atoms with E-state index in [0.29, 0.717) is 5.69 Å². The van der Waals surface area contributed by atoms with Crippen LogP contribution < -0.4 is 10.1 Å². The van der Waals surface area contributed by atoms with Gasteiger partial charge < -0.3 is 10.1 Å². The minimum Gasteiger partial charge on any atom is -0.484 e. The second-order valence-corrected chi connectivity index (χ2v) is 4.19. The highest BCUT2D eigenvalue weighted by Gasteiger charge is 2.28. The summed E-state index contributed by atoms with van der Waals surface area (Å²) < 4.78 is 40.2. The van der Waals surface area contributed by atoms with Crippen LogP contribution in [-0.4, -0.2) is 24.1 Å². The Balaban J connectivity index is 2.55. The highest BCUT2D eigenvalue weighted by atomic mass is 35.5. The second-order valence-electron chi connectivity index (χ2n) is 3.53. The lowest BCUT2D eigenvalue weighted by Crippen LogP contribution is -2.20. The van der Waals surface area contributed by atoms with E-state index < -0.39 is 18.2 Å². The van der Waals surface area contributed by atoms with Crippen LogP contribution in [0, 0.1) is 0 Å². The molecule has 0 fully saturated rings. The molecule has 100 valence electrons. The van der Waals surface area contributed by atoms with Crippen LogP contribution in [-0.2, 0) is 4.79 Å². The van der Waals surface area contributed by atoms with Crippen molar-refractivity contribution in [2.75, 3.05) is 11.9 Å². The average molecular weight is 282 g/mol. The van der Waals surface area contributed by atoms with Gasteiger partial charge >= 0.3 is 6.18 Å². The van der Waals surface area contributed by atoms with Crippen molar-refractivity contribution >= 4 is 23.2 Å². The van der Waals surface area contributed by atoms with Crippen molar-refractivity contribution in [3.63, 3.8) is 0 Å². The Morgan fingerprint density at radius 1 is 1.39 bits per heavy atom. The maximum atomic E-state index is 11.9. The minimum absolute atomic E-state index is 0.0734. The summed E-state index contributed by atoms with van der Waals surface area (Å²) in [6, 6.07) is 5.53. The van der Waals surface area contributed by atoms with Gasteiger partial charge in [-0.1, -0.05) is 0 Å². The normalized spacial score (nSPS) is 12.9. The van der Waals surface area contributed by atoms with E-state index in [1.807, 2.05) is 0 Å². The number of rotatable bonds is 4. The van der Waals surface area contributed by atoms with Crippen LogP contribution in [0.5, 0.6) is 5.75 Å². The molecule has 7 heteroatoms. The van der Waals surface area contributed by atoms with E-state index in [9.17, 15) is 18.0 Å². The third-order valence-electron chi connectivity index (χ3n) is 1.89. The molecule has 0 heterocycles. The minimum atomic E-state index is -4.37. The molecule has 1 amide bonds. The van der Waals surface area contributed by atoms with Crippen LogP contribution in [0.4, 0.5) is 18.9 Å². The summed E-state index contributed by atoms with van der Waals surface area (Å²) in [6.45, 7) is 0.162. The molecule has 0 radical (unpaired) electrons. The number of carbonyl (C=O) groups excluding carboxylic acids is 1. The van der Waals surface area contributed by atoms with Crippen LogP contribution in [0.1, 0.15) is 6.92 Å². The average Bonchev–Trinajstić information content (AvgIpc) is 2.27. The van der Waals surface area contributed by atoms with E-state index in [1.54, 1.807) is 0 Å². The number of benzene rings is 1. The van der Waals surface area contributed by atoms with Crippen molar-refractivity contribution in [2.24, 2.45) is 0 Å². The van der Waals surface area contributed by atoms with Crippen LogP contribution in [0.2, 0.25) is 0 Å². The van der Waals surface area contributed by atoms with E-state index in [1.165, 1.54) is 31.2 Å². The van der Waals surface area contributed by atoms with Crippen molar-refractivity contribution < 1.29 is 22.7 Å². The molecule has 1 N–H and O–H groups in total. The molecule has 18 heavy (non-hydrogen) atoms. The number of nitrogens with one attached hydrogen (secondary N) is 1. The van der Waals surface area contributed by atoms with Gasteiger partial charge in [-0.3, -0.25) is 4.79 Å². The molecule has 0 aliphatic rings. The molecule has 1 aromatic rings. The molecule has 1 rings (SSSR count). The molecule has 1 unspecified atom stereocenters. The van der Waals surface area contributed by atoms with Crippen LogP contribution in [0.15, 0.2) is 24.3 Å². The van der Waals surface area contributed by atoms with Gasteiger partial charge in [0.2, 0.25) is 5.91 Å². The lowest BCUT2D eigenvalue weighted by molar-refractivity contribution is -0.153. The largest absolute Gasteiger partial charge is 0.484 e. The Morgan fingerprint density at radius 3 is 2.39 bits per heavy atom. The summed E-state index contributed by atoms with van der Waals surface area (Å²) in [4.78, 5) is 11.2. The summed E-state index contributed by atoms with van der Waals surface area (Å²) in [6.07, 6.45) is -4.37. The topological polar surface area (TPSA) is 38.3 Å². The first-order chi connectivity index (χ1) is 8.28. The van der Waals surface area contributed by atoms with Gasteiger partial charge in [0, 0.05) is 5.69 Å². The zero-order valence-electron chi connectivity index (χ0n) is 9.42. The fourth-order valence-corrected chi connectivity index (χ4v) is 1.10. The number of amides is 1. The van der Waals surface area contributed by atoms with Gasteiger partial charge in [-0.2, -0.15) is 13.2 Å². The van der Waals surface area contributed by atoms with Gasteiger partial charge in [-0.15, -0.1) is 11.6 Å². The second kappa shape index (κ2) is 5.95. The third kappa shape index (κ3) is 5.27. The van der Waals surface area contributed by atoms with E-state index in [0.717, 1.165) is 0 Å². The molecular weight excluding hydrogens is 271 g/mol.